The summed E-state index contributed by atoms with van der Waals surface area (Å²) in [5.74, 6) is 2.93. The maximum atomic E-state index is 6.66. The van der Waals surface area contributed by atoms with Gasteiger partial charge in [-0.05, 0) is 62.6 Å². The number of halogens is 1. The number of benzene rings is 1. The minimum atomic E-state index is -0.139. The van der Waals surface area contributed by atoms with E-state index in [-0.39, 0.29) is 5.41 Å². The number of hydrogen-bond acceptors (Lipinski definition) is 4. The van der Waals surface area contributed by atoms with Crippen LogP contribution < -0.4 is 9.64 Å². The van der Waals surface area contributed by atoms with Gasteiger partial charge in [0.25, 0.3) is 0 Å². The third-order valence-corrected chi connectivity index (χ3v) is 6.38. The van der Waals surface area contributed by atoms with Crippen molar-refractivity contribution in [3.63, 3.8) is 0 Å². The Labute approximate surface area is 173 Å². The van der Waals surface area contributed by atoms with Crippen LogP contribution in [0.5, 0.6) is 5.75 Å². The summed E-state index contributed by atoms with van der Waals surface area (Å²) >= 11 is 6.66. The number of aromatic nitrogens is 2. The number of rotatable bonds is 8. The van der Waals surface area contributed by atoms with Gasteiger partial charge in [0.05, 0.1) is 12.5 Å². The van der Waals surface area contributed by atoms with Gasteiger partial charge >= 0.3 is 0 Å². The molecule has 5 heteroatoms. The smallest absolute Gasteiger partial charge is 0.141 e. The lowest BCUT2D eigenvalue weighted by atomic mass is 9.94. The monoisotopic (exact) mass is 399 g/mol. The Morgan fingerprint density at radius 3 is 2.46 bits per heavy atom. The summed E-state index contributed by atoms with van der Waals surface area (Å²) < 4.78 is 5.33. The van der Waals surface area contributed by atoms with E-state index in [1.54, 1.807) is 7.11 Å². The van der Waals surface area contributed by atoms with Gasteiger partial charge in [0, 0.05) is 29.4 Å². The average molecular weight is 400 g/mol. The number of aryl methyl sites for hydroxylation is 1. The number of fused-ring (bicyclic) bond motifs is 1. The van der Waals surface area contributed by atoms with Crippen LogP contribution in [0.3, 0.4) is 0 Å². The van der Waals surface area contributed by atoms with E-state index in [1.165, 1.54) is 23.5 Å². The molecular formula is C23H30ClN3O. The molecule has 1 heterocycles. The van der Waals surface area contributed by atoms with Crippen LogP contribution in [0.1, 0.15) is 68.6 Å². The third kappa shape index (κ3) is 3.36. The van der Waals surface area contributed by atoms with Crippen molar-refractivity contribution in [2.24, 2.45) is 0 Å². The summed E-state index contributed by atoms with van der Waals surface area (Å²) in [4.78, 5) is 12.8. The van der Waals surface area contributed by atoms with Gasteiger partial charge in [-0.25, -0.2) is 9.97 Å². The molecule has 0 aliphatic heterocycles. The van der Waals surface area contributed by atoms with Crippen molar-refractivity contribution in [2.75, 3.05) is 25.1 Å². The van der Waals surface area contributed by atoms with Crippen LogP contribution in [-0.4, -0.2) is 30.2 Å². The molecule has 1 fully saturated rings. The van der Waals surface area contributed by atoms with Gasteiger partial charge in [0.15, 0.2) is 0 Å². The number of anilines is 1. The molecule has 150 valence electrons. The lowest BCUT2D eigenvalue weighted by Crippen LogP contribution is -2.29. The summed E-state index contributed by atoms with van der Waals surface area (Å²) in [5.41, 5.74) is 3.63. The third-order valence-electron chi connectivity index (χ3n) is 6.07. The lowest BCUT2D eigenvalue weighted by molar-refractivity contribution is 0.414. The van der Waals surface area contributed by atoms with E-state index in [0.29, 0.717) is 0 Å². The van der Waals surface area contributed by atoms with E-state index in [2.05, 4.69) is 24.8 Å². The molecule has 0 spiro atoms. The molecule has 0 N–H and O–H groups in total. The Bertz CT molecular complexity index is 857. The van der Waals surface area contributed by atoms with Crippen LogP contribution in [0.15, 0.2) is 18.2 Å². The molecule has 28 heavy (non-hydrogen) atoms. The molecule has 1 aromatic heterocycles. The normalized spacial score (nSPS) is 16.7. The number of ether oxygens (including phenoxy) is 1. The first-order valence-electron chi connectivity index (χ1n) is 10.6. The highest BCUT2D eigenvalue weighted by Gasteiger charge is 2.50. The highest BCUT2D eigenvalue weighted by molar-refractivity contribution is 6.31. The molecule has 0 amide bonds. The Morgan fingerprint density at radius 1 is 1.11 bits per heavy atom. The lowest BCUT2D eigenvalue weighted by Gasteiger charge is -2.27. The SMILES string of the molecule is CCCN(CCC)c1nc(C2(c3ccc(OC)cc3Cl)CC2)nc2c1CCC2. The fraction of sp³-hybridized carbons (Fsp3) is 0.565. The molecule has 4 nitrogen and oxygen atoms in total. The zero-order chi connectivity index (χ0) is 19.7. The van der Waals surface area contributed by atoms with E-state index >= 15 is 0 Å². The van der Waals surface area contributed by atoms with E-state index in [1.807, 2.05) is 12.1 Å². The maximum absolute atomic E-state index is 6.66. The van der Waals surface area contributed by atoms with Gasteiger partial charge in [-0.15, -0.1) is 0 Å². The van der Waals surface area contributed by atoms with Gasteiger partial charge < -0.3 is 9.64 Å². The average Bonchev–Trinajstić information content (AvgIpc) is 3.36. The fourth-order valence-electron chi connectivity index (χ4n) is 4.50. The first-order chi connectivity index (χ1) is 13.6. The van der Waals surface area contributed by atoms with Crippen molar-refractivity contribution >= 4 is 17.4 Å². The molecule has 0 radical (unpaired) electrons. The van der Waals surface area contributed by atoms with Gasteiger partial charge in [-0.3, -0.25) is 0 Å². The standard InChI is InChI=1S/C23H30ClN3O/c1-4-13-27(14-5-2)21-17-7-6-8-20(17)25-22(26-21)23(11-12-23)18-10-9-16(28-3)15-19(18)24/h9-10,15H,4-8,11-14H2,1-3H3. The van der Waals surface area contributed by atoms with E-state index in [4.69, 9.17) is 26.3 Å². The van der Waals surface area contributed by atoms with Crippen LogP contribution in [-0.2, 0) is 18.3 Å². The van der Waals surface area contributed by atoms with Crippen molar-refractivity contribution in [1.82, 2.24) is 9.97 Å². The largest absolute Gasteiger partial charge is 0.497 e. The van der Waals surface area contributed by atoms with Crippen LogP contribution in [0.25, 0.3) is 0 Å². The quantitative estimate of drug-likeness (QED) is 0.601. The number of nitrogens with zero attached hydrogens (tertiary/aromatic N) is 3. The minimum Gasteiger partial charge on any atom is -0.497 e. The van der Waals surface area contributed by atoms with Crippen LogP contribution in [0.2, 0.25) is 5.02 Å². The van der Waals surface area contributed by atoms with Gasteiger partial charge in [-0.1, -0.05) is 31.5 Å². The molecule has 2 aliphatic rings. The second kappa shape index (κ2) is 7.90. The Balaban J connectivity index is 1.79. The molecule has 0 saturated heterocycles. The summed E-state index contributed by atoms with van der Waals surface area (Å²) in [6.45, 7) is 6.58. The van der Waals surface area contributed by atoms with Crippen molar-refractivity contribution in [3.8, 4) is 5.75 Å². The second-order valence-electron chi connectivity index (χ2n) is 8.06. The Morgan fingerprint density at radius 2 is 1.86 bits per heavy atom. The highest BCUT2D eigenvalue weighted by atomic mass is 35.5. The molecule has 1 saturated carbocycles. The van der Waals surface area contributed by atoms with Crippen LogP contribution >= 0.6 is 11.6 Å². The topological polar surface area (TPSA) is 38.2 Å². The summed E-state index contributed by atoms with van der Waals surface area (Å²) in [7, 11) is 1.67. The number of hydrogen-bond donors (Lipinski definition) is 0. The van der Waals surface area contributed by atoms with Crippen molar-refractivity contribution in [3.05, 3.63) is 45.9 Å². The Hall–Kier alpha value is -1.81. The second-order valence-corrected chi connectivity index (χ2v) is 8.47. The maximum Gasteiger partial charge on any atom is 0.141 e. The summed E-state index contributed by atoms with van der Waals surface area (Å²) in [5, 5.41) is 0.751. The molecule has 2 aromatic rings. The molecule has 1 aromatic carbocycles. The summed E-state index contributed by atoms with van der Waals surface area (Å²) in [6.07, 6.45) is 7.72. The first-order valence-corrected chi connectivity index (χ1v) is 11.0. The van der Waals surface area contributed by atoms with E-state index in [9.17, 15) is 0 Å². The van der Waals surface area contributed by atoms with Crippen LogP contribution in [0.4, 0.5) is 5.82 Å². The zero-order valence-corrected chi connectivity index (χ0v) is 18.0. The Kier molecular flexibility index (Phi) is 5.50. The molecule has 4 rings (SSSR count). The van der Waals surface area contributed by atoms with Gasteiger partial charge in [-0.2, -0.15) is 0 Å². The molecule has 0 atom stereocenters. The molecule has 0 bridgehead atoms. The first kappa shape index (κ1) is 19.5. The van der Waals surface area contributed by atoms with E-state index < -0.39 is 0 Å². The summed E-state index contributed by atoms with van der Waals surface area (Å²) in [6, 6.07) is 6.00. The highest BCUT2D eigenvalue weighted by Crippen LogP contribution is 2.55. The predicted molar refractivity (Wildman–Crippen MR) is 115 cm³/mol. The molecule has 2 aliphatic carbocycles. The van der Waals surface area contributed by atoms with Crippen molar-refractivity contribution in [2.45, 2.75) is 64.2 Å². The van der Waals surface area contributed by atoms with Crippen molar-refractivity contribution in [1.29, 1.82) is 0 Å². The predicted octanol–water partition coefficient (Wildman–Crippen LogP) is 5.33. The fourth-order valence-corrected chi connectivity index (χ4v) is 4.85. The van der Waals surface area contributed by atoms with Gasteiger partial charge in [0.2, 0.25) is 0 Å². The number of methoxy groups -OCH3 is 1. The van der Waals surface area contributed by atoms with Crippen molar-refractivity contribution < 1.29 is 4.74 Å². The van der Waals surface area contributed by atoms with E-state index in [0.717, 1.165) is 73.8 Å². The minimum absolute atomic E-state index is 0.139. The van der Waals surface area contributed by atoms with Crippen LogP contribution in [0, 0.1) is 0 Å². The zero-order valence-electron chi connectivity index (χ0n) is 17.2. The molecular weight excluding hydrogens is 370 g/mol. The molecule has 0 unspecified atom stereocenters. The van der Waals surface area contributed by atoms with Gasteiger partial charge in [0.1, 0.15) is 17.4 Å².